The van der Waals surface area contributed by atoms with Crippen LogP contribution >= 0.6 is 0 Å². The number of anilines is 1. The third-order valence-electron chi connectivity index (χ3n) is 2.27. The maximum absolute atomic E-state index is 11.0. The lowest BCUT2D eigenvalue weighted by Gasteiger charge is -2.19. The first-order chi connectivity index (χ1) is 7.58. The number of benzene rings is 1. The van der Waals surface area contributed by atoms with E-state index >= 15 is 0 Å². The second-order valence-corrected chi connectivity index (χ2v) is 3.60. The fourth-order valence-electron chi connectivity index (χ4n) is 1.49. The number of nitrogens with zero attached hydrogens (tertiary/aromatic N) is 1. The van der Waals surface area contributed by atoms with Gasteiger partial charge in [-0.15, -0.1) is 0 Å². The highest BCUT2D eigenvalue weighted by Crippen LogP contribution is 2.30. The van der Waals surface area contributed by atoms with Crippen molar-refractivity contribution in [1.82, 2.24) is 0 Å². The number of hydrogen-bond donors (Lipinski definition) is 0. The molecule has 0 aliphatic rings. The van der Waals surface area contributed by atoms with Crippen molar-refractivity contribution in [2.75, 3.05) is 32.7 Å². The monoisotopic (exact) mass is 223 g/mol. The van der Waals surface area contributed by atoms with Crippen LogP contribution in [0.5, 0.6) is 11.5 Å². The van der Waals surface area contributed by atoms with Gasteiger partial charge in [-0.2, -0.15) is 0 Å². The number of carbonyl (C=O) groups is 1. The molecule has 4 nitrogen and oxygen atoms in total. The van der Waals surface area contributed by atoms with Gasteiger partial charge in [0.1, 0.15) is 5.78 Å². The number of Topliss-reactive ketones (excluding diaryl/α,β-unsaturated/α-hetero) is 1. The maximum atomic E-state index is 11.0. The summed E-state index contributed by atoms with van der Waals surface area (Å²) in [5.74, 6) is 1.47. The highest BCUT2D eigenvalue weighted by molar-refractivity contribution is 5.81. The third kappa shape index (κ3) is 2.89. The van der Waals surface area contributed by atoms with Crippen LogP contribution in [0.15, 0.2) is 18.2 Å². The van der Waals surface area contributed by atoms with E-state index in [1.807, 2.05) is 30.1 Å². The number of likely N-dealkylation sites (N-methyl/N-ethyl adjacent to an activating group) is 1. The Morgan fingerprint density at radius 2 is 1.88 bits per heavy atom. The smallest absolute Gasteiger partial charge is 0.162 e. The number of hydrogen-bond acceptors (Lipinski definition) is 4. The Bertz CT molecular complexity index is 377. The van der Waals surface area contributed by atoms with E-state index in [2.05, 4.69) is 0 Å². The molecule has 0 atom stereocenters. The zero-order valence-corrected chi connectivity index (χ0v) is 10.1. The zero-order valence-electron chi connectivity index (χ0n) is 10.1. The van der Waals surface area contributed by atoms with E-state index in [0.29, 0.717) is 18.0 Å². The molecule has 0 unspecified atom stereocenters. The Labute approximate surface area is 95.8 Å². The standard InChI is InChI=1S/C12H17NO3/c1-9(14)8-13(2)10-5-6-11(15-3)12(7-10)16-4/h5-7H,8H2,1-4H3. The molecule has 0 saturated heterocycles. The average Bonchev–Trinajstić information content (AvgIpc) is 2.27. The minimum absolute atomic E-state index is 0.122. The van der Waals surface area contributed by atoms with Gasteiger partial charge in [0, 0.05) is 18.8 Å². The average molecular weight is 223 g/mol. The van der Waals surface area contributed by atoms with Crippen LogP contribution in [0.25, 0.3) is 0 Å². The van der Waals surface area contributed by atoms with Gasteiger partial charge in [-0.05, 0) is 19.1 Å². The molecule has 0 heterocycles. The molecule has 0 amide bonds. The summed E-state index contributed by atoms with van der Waals surface area (Å²) in [5.41, 5.74) is 0.924. The normalized spacial score (nSPS) is 9.75. The molecule has 1 rings (SSSR count). The number of ketones is 1. The first-order valence-electron chi connectivity index (χ1n) is 5.01. The van der Waals surface area contributed by atoms with Crippen molar-refractivity contribution < 1.29 is 14.3 Å². The van der Waals surface area contributed by atoms with Crippen molar-refractivity contribution in [3.8, 4) is 11.5 Å². The van der Waals surface area contributed by atoms with Crippen LogP contribution < -0.4 is 14.4 Å². The fourth-order valence-corrected chi connectivity index (χ4v) is 1.49. The van der Waals surface area contributed by atoms with Crippen molar-refractivity contribution in [2.24, 2.45) is 0 Å². The molecular formula is C12H17NO3. The maximum Gasteiger partial charge on any atom is 0.162 e. The number of ether oxygens (including phenoxy) is 2. The van der Waals surface area contributed by atoms with Gasteiger partial charge in [0.25, 0.3) is 0 Å². The van der Waals surface area contributed by atoms with Crippen LogP contribution in [0.4, 0.5) is 5.69 Å². The van der Waals surface area contributed by atoms with Gasteiger partial charge in [0.2, 0.25) is 0 Å². The first kappa shape index (κ1) is 12.4. The molecule has 4 heteroatoms. The fraction of sp³-hybridized carbons (Fsp3) is 0.417. The Morgan fingerprint density at radius 3 is 2.38 bits per heavy atom. The van der Waals surface area contributed by atoms with Crippen molar-refractivity contribution >= 4 is 11.5 Å². The second kappa shape index (κ2) is 5.39. The quantitative estimate of drug-likeness (QED) is 0.762. The van der Waals surface area contributed by atoms with Gasteiger partial charge in [-0.25, -0.2) is 0 Å². The Kier molecular flexibility index (Phi) is 4.17. The predicted molar refractivity (Wildman–Crippen MR) is 63.5 cm³/mol. The van der Waals surface area contributed by atoms with Gasteiger partial charge in [-0.1, -0.05) is 0 Å². The third-order valence-corrected chi connectivity index (χ3v) is 2.27. The van der Waals surface area contributed by atoms with Crippen molar-refractivity contribution in [3.63, 3.8) is 0 Å². The van der Waals surface area contributed by atoms with Gasteiger partial charge < -0.3 is 14.4 Å². The van der Waals surface area contributed by atoms with Gasteiger partial charge in [-0.3, -0.25) is 4.79 Å². The Balaban J connectivity index is 2.93. The zero-order chi connectivity index (χ0) is 12.1. The molecule has 0 radical (unpaired) electrons. The molecule has 0 spiro atoms. The lowest BCUT2D eigenvalue weighted by molar-refractivity contribution is -0.115. The molecule has 0 aliphatic carbocycles. The van der Waals surface area contributed by atoms with Gasteiger partial charge >= 0.3 is 0 Å². The summed E-state index contributed by atoms with van der Waals surface area (Å²) in [6.07, 6.45) is 0. The molecular weight excluding hydrogens is 206 g/mol. The van der Waals surface area contributed by atoms with E-state index in [1.165, 1.54) is 0 Å². The summed E-state index contributed by atoms with van der Waals surface area (Å²) in [6.45, 7) is 1.95. The predicted octanol–water partition coefficient (Wildman–Crippen LogP) is 1.73. The molecule has 0 saturated carbocycles. The Morgan fingerprint density at radius 1 is 1.25 bits per heavy atom. The largest absolute Gasteiger partial charge is 0.493 e. The van der Waals surface area contributed by atoms with Crippen LogP contribution in [0.3, 0.4) is 0 Å². The Hall–Kier alpha value is -1.71. The van der Waals surface area contributed by atoms with Crippen molar-refractivity contribution in [2.45, 2.75) is 6.92 Å². The highest BCUT2D eigenvalue weighted by atomic mass is 16.5. The molecule has 0 aromatic heterocycles. The summed E-state index contributed by atoms with van der Waals surface area (Å²) in [4.78, 5) is 12.9. The molecule has 0 fully saturated rings. The van der Waals surface area contributed by atoms with Crippen LogP contribution in [0, 0.1) is 0 Å². The van der Waals surface area contributed by atoms with E-state index in [0.717, 1.165) is 5.69 Å². The lowest BCUT2D eigenvalue weighted by atomic mass is 10.2. The topological polar surface area (TPSA) is 38.8 Å². The van der Waals surface area contributed by atoms with Crippen LogP contribution in [0.1, 0.15) is 6.92 Å². The van der Waals surface area contributed by atoms with Crippen LogP contribution in [0.2, 0.25) is 0 Å². The lowest BCUT2D eigenvalue weighted by Crippen LogP contribution is -2.23. The molecule has 0 aliphatic heterocycles. The van der Waals surface area contributed by atoms with E-state index in [-0.39, 0.29) is 5.78 Å². The number of rotatable bonds is 5. The number of carbonyl (C=O) groups excluding carboxylic acids is 1. The summed E-state index contributed by atoms with van der Waals surface area (Å²) in [5, 5.41) is 0. The second-order valence-electron chi connectivity index (χ2n) is 3.60. The van der Waals surface area contributed by atoms with Crippen LogP contribution in [-0.2, 0) is 4.79 Å². The summed E-state index contributed by atoms with van der Waals surface area (Å²) >= 11 is 0. The minimum Gasteiger partial charge on any atom is -0.493 e. The SMILES string of the molecule is COc1ccc(N(C)CC(C)=O)cc1OC. The summed E-state index contributed by atoms with van der Waals surface area (Å²) in [7, 11) is 5.05. The van der Waals surface area contributed by atoms with Crippen molar-refractivity contribution in [3.05, 3.63) is 18.2 Å². The first-order valence-corrected chi connectivity index (χ1v) is 5.01. The summed E-state index contributed by atoms with van der Waals surface area (Å²) < 4.78 is 10.3. The molecule has 0 bridgehead atoms. The molecule has 0 N–H and O–H groups in total. The van der Waals surface area contributed by atoms with E-state index in [1.54, 1.807) is 21.1 Å². The van der Waals surface area contributed by atoms with E-state index < -0.39 is 0 Å². The number of methoxy groups -OCH3 is 2. The summed E-state index contributed by atoms with van der Waals surface area (Å²) in [6, 6.07) is 5.57. The van der Waals surface area contributed by atoms with Gasteiger partial charge in [0.15, 0.2) is 11.5 Å². The molecule has 88 valence electrons. The van der Waals surface area contributed by atoms with E-state index in [4.69, 9.17) is 9.47 Å². The van der Waals surface area contributed by atoms with Crippen LogP contribution in [-0.4, -0.2) is 33.6 Å². The minimum atomic E-state index is 0.122. The van der Waals surface area contributed by atoms with Crippen molar-refractivity contribution in [1.29, 1.82) is 0 Å². The molecule has 1 aromatic rings. The highest BCUT2D eigenvalue weighted by Gasteiger charge is 2.08. The van der Waals surface area contributed by atoms with Gasteiger partial charge in [0.05, 0.1) is 20.8 Å². The molecule has 1 aromatic carbocycles. The van der Waals surface area contributed by atoms with E-state index in [9.17, 15) is 4.79 Å². The molecule has 16 heavy (non-hydrogen) atoms.